The molecule has 4 aromatic carbocycles. The van der Waals surface area contributed by atoms with Gasteiger partial charge in [0.05, 0.1) is 0 Å². The lowest BCUT2D eigenvalue weighted by Crippen LogP contribution is -1.87. The van der Waals surface area contributed by atoms with E-state index >= 15 is 0 Å². The van der Waals surface area contributed by atoms with Crippen molar-refractivity contribution >= 4 is 32.3 Å². The first kappa shape index (κ1) is 12.9. The maximum absolute atomic E-state index is 13.6. The van der Waals surface area contributed by atoms with Crippen LogP contribution in [0.25, 0.3) is 32.3 Å². The van der Waals surface area contributed by atoms with Crippen molar-refractivity contribution in [1.29, 1.82) is 0 Å². The molecule has 2 nitrogen and oxygen atoms in total. The Bertz CT molecular complexity index is 1070. The van der Waals surface area contributed by atoms with Crippen LogP contribution in [0.2, 0.25) is 0 Å². The predicted molar refractivity (Wildman–Crippen MR) is 87.0 cm³/mol. The van der Waals surface area contributed by atoms with Crippen molar-refractivity contribution < 1.29 is 14.6 Å². The van der Waals surface area contributed by atoms with Gasteiger partial charge in [-0.15, -0.1) is 0 Å². The number of benzene rings is 4. The van der Waals surface area contributed by atoms with Crippen LogP contribution in [0.4, 0.5) is 4.39 Å². The second kappa shape index (κ2) is 4.34. The Balaban J connectivity index is 2.28. The van der Waals surface area contributed by atoms with E-state index in [1.165, 1.54) is 18.2 Å². The summed E-state index contributed by atoms with van der Waals surface area (Å²) in [5, 5.41) is 25.0. The van der Waals surface area contributed by atoms with Gasteiger partial charge in [0.2, 0.25) is 0 Å². The van der Waals surface area contributed by atoms with Crippen LogP contribution >= 0.6 is 0 Å². The fourth-order valence-corrected chi connectivity index (χ4v) is 3.22. The molecule has 4 aromatic rings. The lowest BCUT2D eigenvalue weighted by molar-refractivity contribution is 0.408. The zero-order valence-corrected chi connectivity index (χ0v) is 11.9. The second-order valence-electron chi connectivity index (χ2n) is 5.56. The van der Waals surface area contributed by atoms with Gasteiger partial charge in [-0.05, 0) is 75.8 Å². The third-order valence-corrected chi connectivity index (χ3v) is 4.29. The minimum absolute atomic E-state index is 0.127. The third kappa shape index (κ3) is 1.65. The highest BCUT2D eigenvalue weighted by molar-refractivity contribution is 6.16. The van der Waals surface area contributed by atoms with Crippen molar-refractivity contribution in [2.75, 3.05) is 0 Å². The number of fused-ring (bicyclic) bond motifs is 4. The summed E-state index contributed by atoms with van der Waals surface area (Å²) >= 11 is 0. The summed E-state index contributed by atoms with van der Waals surface area (Å²) in [6.07, 6.45) is 0. The summed E-state index contributed by atoms with van der Waals surface area (Å²) < 4.78 is 13.6. The van der Waals surface area contributed by atoms with E-state index in [4.69, 9.17) is 0 Å². The zero-order valence-electron chi connectivity index (χ0n) is 11.9. The van der Waals surface area contributed by atoms with Crippen LogP contribution in [-0.4, -0.2) is 10.2 Å². The molecule has 0 spiro atoms. The van der Waals surface area contributed by atoms with Gasteiger partial charge in [0, 0.05) is 5.39 Å². The molecule has 22 heavy (non-hydrogen) atoms. The van der Waals surface area contributed by atoms with Crippen LogP contribution in [0.15, 0.2) is 48.5 Å². The molecule has 3 heteroatoms. The van der Waals surface area contributed by atoms with Crippen LogP contribution in [0.3, 0.4) is 0 Å². The highest BCUT2D eigenvalue weighted by Crippen LogP contribution is 2.39. The molecule has 0 aliphatic rings. The molecule has 0 radical (unpaired) electrons. The molecule has 0 saturated heterocycles. The molecule has 0 aliphatic heterocycles. The molecule has 0 atom stereocenters. The average molecular weight is 292 g/mol. The molecular formula is C19H13FO2. The molecule has 0 saturated carbocycles. The summed E-state index contributed by atoms with van der Waals surface area (Å²) in [6.45, 7) is 1.95. The summed E-state index contributed by atoms with van der Waals surface area (Å²) in [4.78, 5) is 0. The van der Waals surface area contributed by atoms with E-state index in [-0.39, 0.29) is 17.3 Å². The monoisotopic (exact) mass is 292 g/mol. The van der Waals surface area contributed by atoms with Crippen LogP contribution in [0, 0.1) is 12.7 Å². The standard InChI is InChI=1S/C19H13FO2/c1-10-16-9-13(20)4-2-11(16)8-12-3-5-15-14(18(10)12)6-7-17(21)19(15)22/h2-9,21-22H,1H3. The van der Waals surface area contributed by atoms with Gasteiger partial charge in [0.1, 0.15) is 5.82 Å². The number of phenols is 2. The average Bonchev–Trinajstić information content (AvgIpc) is 2.51. The number of phenolic OH excluding ortho intramolecular Hbond substituents is 2. The quantitative estimate of drug-likeness (QED) is 0.272. The first-order chi connectivity index (χ1) is 10.6. The zero-order chi connectivity index (χ0) is 15.4. The summed E-state index contributed by atoms with van der Waals surface area (Å²) in [5.74, 6) is -0.537. The van der Waals surface area contributed by atoms with Gasteiger partial charge in [-0.2, -0.15) is 0 Å². The summed E-state index contributed by atoms with van der Waals surface area (Å²) in [6, 6.07) is 13.7. The SMILES string of the molecule is Cc1c2cc(F)ccc2cc2ccc3c(O)c(O)ccc3c12. The smallest absolute Gasteiger partial charge is 0.165 e. The van der Waals surface area contributed by atoms with Gasteiger partial charge in [-0.3, -0.25) is 0 Å². The van der Waals surface area contributed by atoms with Gasteiger partial charge in [-0.1, -0.05) is 12.1 Å². The lowest BCUT2D eigenvalue weighted by Gasteiger charge is -2.12. The fourth-order valence-electron chi connectivity index (χ4n) is 3.22. The van der Waals surface area contributed by atoms with Gasteiger partial charge >= 0.3 is 0 Å². The molecule has 0 amide bonds. The van der Waals surface area contributed by atoms with E-state index in [1.54, 1.807) is 18.2 Å². The third-order valence-electron chi connectivity index (χ3n) is 4.29. The Morgan fingerprint density at radius 2 is 1.50 bits per heavy atom. The van der Waals surface area contributed by atoms with E-state index in [9.17, 15) is 14.6 Å². The van der Waals surface area contributed by atoms with E-state index in [0.717, 1.165) is 32.5 Å². The van der Waals surface area contributed by atoms with Gasteiger partial charge < -0.3 is 10.2 Å². The highest BCUT2D eigenvalue weighted by atomic mass is 19.1. The Hall–Kier alpha value is -2.81. The molecule has 108 valence electrons. The van der Waals surface area contributed by atoms with Gasteiger partial charge in [0.15, 0.2) is 11.5 Å². The minimum atomic E-state index is -0.268. The number of hydrogen-bond acceptors (Lipinski definition) is 2. The molecule has 4 rings (SSSR count). The summed E-state index contributed by atoms with van der Waals surface area (Å²) in [5.41, 5.74) is 0.961. The highest BCUT2D eigenvalue weighted by Gasteiger charge is 2.12. The normalized spacial score (nSPS) is 11.5. The van der Waals surface area contributed by atoms with Crippen LogP contribution in [0.5, 0.6) is 11.5 Å². The largest absolute Gasteiger partial charge is 0.504 e. The van der Waals surface area contributed by atoms with Crippen molar-refractivity contribution in [3.8, 4) is 11.5 Å². The van der Waals surface area contributed by atoms with E-state index < -0.39 is 0 Å². The molecule has 0 unspecified atom stereocenters. The Morgan fingerprint density at radius 1 is 0.773 bits per heavy atom. The van der Waals surface area contributed by atoms with Crippen molar-refractivity contribution in [3.05, 3.63) is 59.9 Å². The molecule has 0 bridgehead atoms. The first-order valence-electron chi connectivity index (χ1n) is 7.02. The first-order valence-corrected chi connectivity index (χ1v) is 7.02. The lowest BCUT2D eigenvalue weighted by atomic mass is 9.93. The Kier molecular flexibility index (Phi) is 2.54. The van der Waals surface area contributed by atoms with Crippen molar-refractivity contribution in [2.24, 2.45) is 0 Å². The van der Waals surface area contributed by atoms with Crippen LogP contribution in [-0.2, 0) is 0 Å². The van der Waals surface area contributed by atoms with Crippen LogP contribution < -0.4 is 0 Å². The van der Waals surface area contributed by atoms with Gasteiger partial charge in [-0.25, -0.2) is 4.39 Å². The Morgan fingerprint density at radius 3 is 2.32 bits per heavy atom. The number of rotatable bonds is 0. The van der Waals surface area contributed by atoms with E-state index in [0.29, 0.717) is 5.39 Å². The van der Waals surface area contributed by atoms with E-state index in [1.807, 2.05) is 19.1 Å². The molecule has 0 fully saturated rings. The predicted octanol–water partition coefficient (Wildman–Crippen LogP) is 5.00. The Labute approximate surface area is 126 Å². The van der Waals surface area contributed by atoms with Gasteiger partial charge in [0.25, 0.3) is 0 Å². The molecular weight excluding hydrogens is 279 g/mol. The number of aromatic hydroxyl groups is 2. The molecule has 0 aliphatic carbocycles. The maximum atomic E-state index is 13.6. The number of halogens is 1. The van der Waals surface area contributed by atoms with Crippen molar-refractivity contribution in [3.63, 3.8) is 0 Å². The fraction of sp³-hybridized carbons (Fsp3) is 0.0526. The van der Waals surface area contributed by atoms with E-state index in [2.05, 4.69) is 0 Å². The molecule has 0 aromatic heterocycles. The minimum Gasteiger partial charge on any atom is -0.504 e. The van der Waals surface area contributed by atoms with Crippen molar-refractivity contribution in [1.82, 2.24) is 0 Å². The second-order valence-corrected chi connectivity index (χ2v) is 5.56. The summed E-state index contributed by atoms with van der Waals surface area (Å²) in [7, 11) is 0. The topological polar surface area (TPSA) is 40.5 Å². The molecule has 2 N–H and O–H groups in total. The maximum Gasteiger partial charge on any atom is 0.165 e. The van der Waals surface area contributed by atoms with Crippen molar-refractivity contribution in [2.45, 2.75) is 6.92 Å². The number of hydrogen-bond donors (Lipinski definition) is 2. The number of aryl methyl sites for hydroxylation is 1. The molecule has 0 heterocycles. The van der Waals surface area contributed by atoms with Crippen LogP contribution in [0.1, 0.15) is 5.56 Å².